The standard InChI is InChI=1S/C9H12F2N2/c1-2-6-3-8(6)7-4-12-13(5-7)9(10)11/h4-6,8-9H,2-3H2,1H3/t6-,8-/m0/s1. The quantitative estimate of drug-likeness (QED) is 0.709. The summed E-state index contributed by atoms with van der Waals surface area (Å²) in [7, 11) is 0. The van der Waals surface area contributed by atoms with E-state index in [1.165, 1.54) is 6.20 Å². The van der Waals surface area contributed by atoms with Gasteiger partial charge in [0.2, 0.25) is 0 Å². The molecule has 0 aliphatic heterocycles. The minimum Gasteiger partial charge on any atom is -0.211 e. The summed E-state index contributed by atoms with van der Waals surface area (Å²) in [5.41, 5.74) is 0.965. The summed E-state index contributed by atoms with van der Waals surface area (Å²) >= 11 is 0. The lowest BCUT2D eigenvalue weighted by Gasteiger charge is -1.95. The number of halogens is 2. The predicted octanol–water partition coefficient (Wildman–Crippen LogP) is 2.79. The topological polar surface area (TPSA) is 17.8 Å². The van der Waals surface area contributed by atoms with Gasteiger partial charge in [-0.05, 0) is 23.8 Å². The minimum absolute atomic E-state index is 0.484. The lowest BCUT2D eigenvalue weighted by molar-refractivity contribution is 0.0565. The van der Waals surface area contributed by atoms with Crippen molar-refractivity contribution in [1.29, 1.82) is 0 Å². The number of hydrogen-bond acceptors (Lipinski definition) is 1. The maximum atomic E-state index is 12.1. The summed E-state index contributed by atoms with van der Waals surface area (Å²) in [4.78, 5) is 0. The van der Waals surface area contributed by atoms with Crippen LogP contribution in [0.25, 0.3) is 0 Å². The summed E-state index contributed by atoms with van der Waals surface area (Å²) in [6.07, 6.45) is 5.29. The van der Waals surface area contributed by atoms with Crippen molar-refractivity contribution in [2.24, 2.45) is 5.92 Å². The zero-order valence-corrected chi connectivity index (χ0v) is 7.45. The second kappa shape index (κ2) is 3.09. The van der Waals surface area contributed by atoms with E-state index in [1.807, 2.05) is 0 Å². The summed E-state index contributed by atoms with van der Waals surface area (Å²) in [6.45, 7) is -0.380. The van der Waals surface area contributed by atoms with Crippen molar-refractivity contribution in [2.45, 2.75) is 32.2 Å². The summed E-state index contributed by atoms with van der Waals surface area (Å²) < 4.78 is 25.0. The van der Waals surface area contributed by atoms with Crippen LogP contribution in [0.3, 0.4) is 0 Å². The highest BCUT2D eigenvalue weighted by Gasteiger charge is 2.37. The molecule has 1 aromatic rings. The van der Waals surface area contributed by atoms with Crippen molar-refractivity contribution in [1.82, 2.24) is 9.78 Å². The first kappa shape index (κ1) is 8.66. The van der Waals surface area contributed by atoms with Crippen LogP contribution >= 0.6 is 0 Å². The number of aromatic nitrogens is 2. The molecule has 0 radical (unpaired) electrons. The van der Waals surface area contributed by atoms with Gasteiger partial charge in [-0.1, -0.05) is 13.3 Å². The Hall–Kier alpha value is -0.930. The maximum Gasteiger partial charge on any atom is 0.333 e. The van der Waals surface area contributed by atoms with Crippen molar-refractivity contribution in [3.63, 3.8) is 0 Å². The largest absolute Gasteiger partial charge is 0.333 e. The molecule has 0 spiro atoms. The minimum atomic E-state index is -2.51. The molecule has 2 rings (SSSR count). The van der Waals surface area contributed by atoms with Gasteiger partial charge in [-0.25, -0.2) is 4.68 Å². The third kappa shape index (κ3) is 1.57. The molecule has 0 saturated heterocycles. The van der Waals surface area contributed by atoms with Crippen LogP contribution in [0.15, 0.2) is 12.4 Å². The number of rotatable bonds is 3. The third-order valence-corrected chi connectivity index (χ3v) is 2.70. The van der Waals surface area contributed by atoms with Gasteiger partial charge in [-0.3, -0.25) is 0 Å². The van der Waals surface area contributed by atoms with Gasteiger partial charge in [0.05, 0.1) is 6.20 Å². The highest BCUT2D eigenvalue weighted by atomic mass is 19.3. The molecule has 2 atom stereocenters. The Bertz CT molecular complexity index is 296. The average Bonchev–Trinajstić information content (AvgIpc) is 2.73. The Morgan fingerprint density at radius 1 is 1.69 bits per heavy atom. The number of alkyl halides is 2. The first-order valence-electron chi connectivity index (χ1n) is 4.54. The first-order valence-corrected chi connectivity index (χ1v) is 4.54. The molecule has 0 amide bonds. The second-order valence-electron chi connectivity index (χ2n) is 3.54. The van der Waals surface area contributed by atoms with Crippen LogP contribution < -0.4 is 0 Å². The molecule has 0 N–H and O–H groups in total. The van der Waals surface area contributed by atoms with E-state index in [0.29, 0.717) is 11.8 Å². The average molecular weight is 186 g/mol. The predicted molar refractivity (Wildman–Crippen MR) is 44.6 cm³/mol. The van der Waals surface area contributed by atoms with Crippen LogP contribution in [0.4, 0.5) is 8.78 Å². The fourth-order valence-electron chi connectivity index (χ4n) is 1.76. The number of nitrogens with zero attached hydrogens (tertiary/aromatic N) is 2. The molecule has 1 aliphatic rings. The van der Waals surface area contributed by atoms with E-state index in [-0.39, 0.29) is 0 Å². The molecule has 72 valence electrons. The van der Waals surface area contributed by atoms with Crippen LogP contribution in [0, 0.1) is 5.92 Å². The monoisotopic (exact) mass is 186 g/mol. The fraction of sp³-hybridized carbons (Fsp3) is 0.667. The Morgan fingerprint density at radius 2 is 2.46 bits per heavy atom. The zero-order valence-electron chi connectivity index (χ0n) is 7.45. The Balaban J connectivity index is 2.07. The first-order chi connectivity index (χ1) is 6.22. The van der Waals surface area contributed by atoms with E-state index in [2.05, 4.69) is 12.0 Å². The van der Waals surface area contributed by atoms with Crippen molar-refractivity contribution in [2.75, 3.05) is 0 Å². The van der Waals surface area contributed by atoms with Crippen molar-refractivity contribution in [3.05, 3.63) is 18.0 Å². The molecular weight excluding hydrogens is 174 g/mol. The van der Waals surface area contributed by atoms with Gasteiger partial charge >= 0.3 is 6.55 Å². The Morgan fingerprint density at radius 3 is 2.92 bits per heavy atom. The van der Waals surface area contributed by atoms with E-state index in [0.717, 1.165) is 23.1 Å². The van der Waals surface area contributed by atoms with E-state index >= 15 is 0 Å². The normalized spacial score (nSPS) is 26.8. The van der Waals surface area contributed by atoms with Gasteiger partial charge in [0.1, 0.15) is 0 Å². The van der Waals surface area contributed by atoms with Gasteiger partial charge in [-0.2, -0.15) is 13.9 Å². The smallest absolute Gasteiger partial charge is 0.211 e. The molecule has 1 aliphatic carbocycles. The highest BCUT2D eigenvalue weighted by Crippen LogP contribution is 2.49. The van der Waals surface area contributed by atoms with Crippen LogP contribution in [-0.2, 0) is 0 Å². The van der Waals surface area contributed by atoms with Gasteiger partial charge in [-0.15, -0.1) is 0 Å². The summed E-state index contributed by atoms with van der Waals surface area (Å²) in [6, 6.07) is 0. The SMILES string of the molecule is CC[C@H]1C[C@@H]1c1cnn(C(F)F)c1. The lowest BCUT2D eigenvalue weighted by Crippen LogP contribution is -1.96. The van der Waals surface area contributed by atoms with Gasteiger partial charge < -0.3 is 0 Å². The van der Waals surface area contributed by atoms with Crippen molar-refractivity contribution in [3.8, 4) is 0 Å². The van der Waals surface area contributed by atoms with Crippen LogP contribution in [0.5, 0.6) is 0 Å². The Labute approximate surface area is 75.6 Å². The van der Waals surface area contributed by atoms with Crippen molar-refractivity contribution >= 4 is 0 Å². The van der Waals surface area contributed by atoms with Gasteiger partial charge in [0, 0.05) is 6.20 Å². The molecule has 1 saturated carbocycles. The van der Waals surface area contributed by atoms with Gasteiger partial charge in [0.15, 0.2) is 0 Å². The molecule has 4 heteroatoms. The van der Waals surface area contributed by atoms with E-state index in [9.17, 15) is 8.78 Å². The van der Waals surface area contributed by atoms with Crippen LogP contribution in [0.2, 0.25) is 0 Å². The highest BCUT2D eigenvalue weighted by molar-refractivity contribution is 5.19. The third-order valence-electron chi connectivity index (χ3n) is 2.70. The molecular formula is C9H12F2N2. The summed E-state index contributed by atoms with van der Waals surface area (Å²) in [5, 5.41) is 3.61. The molecule has 2 nitrogen and oxygen atoms in total. The summed E-state index contributed by atoms with van der Waals surface area (Å²) in [5.74, 6) is 1.17. The molecule has 13 heavy (non-hydrogen) atoms. The van der Waals surface area contributed by atoms with E-state index in [1.54, 1.807) is 6.20 Å². The zero-order chi connectivity index (χ0) is 9.42. The van der Waals surface area contributed by atoms with E-state index in [4.69, 9.17) is 0 Å². The Kier molecular flexibility index (Phi) is 2.06. The molecule has 0 bridgehead atoms. The molecule has 1 aromatic heterocycles. The van der Waals surface area contributed by atoms with E-state index < -0.39 is 6.55 Å². The van der Waals surface area contributed by atoms with Gasteiger partial charge in [0.25, 0.3) is 0 Å². The van der Waals surface area contributed by atoms with Crippen LogP contribution in [0.1, 0.15) is 37.8 Å². The lowest BCUT2D eigenvalue weighted by atomic mass is 10.2. The molecule has 1 heterocycles. The van der Waals surface area contributed by atoms with Crippen LogP contribution in [-0.4, -0.2) is 9.78 Å². The van der Waals surface area contributed by atoms with Crippen molar-refractivity contribution < 1.29 is 8.78 Å². The molecule has 0 unspecified atom stereocenters. The number of hydrogen-bond donors (Lipinski definition) is 0. The molecule has 1 fully saturated rings. The second-order valence-corrected chi connectivity index (χ2v) is 3.54. The fourth-order valence-corrected chi connectivity index (χ4v) is 1.76. The molecule has 0 aromatic carbocycles. The maximum absolute atomic E-state index is 12.1.